The first-order valence-electron chi connectivity index (χ1n) is 26.2. The highest BCUT2D eigenvalue weighted by molar-refractivity contribution is 6.18. The Hall–Kier alpha value is -9.90. The van der Waals surface area contributed by atoms with Crippen LogP contribution in [0.5, 0.6) is 0 Å². The van der Waals surface area contributed by atoms with E-state index in [2.05, 4.69) is 288 Å². The minimum absolute atomic E-state index is 0.579. The van der Waals surface area contributed by atoms with Crippen molar-refractivity contribution in [3.63, 3.8) is 0 Å². The molecule has 14 aromatic rings. The van der Waals surface area contributed by atoms with Gasteiger partial charge >= 0.3 is 0 Å². The van der Waals surface area contributed by atoms with Crippen molar-refractivity contribution in [2.75, 3.05) is 0 Å². The van der Waals surface area contributed by atoms with Gasteiger partial charge in [-0.25, -0.2) is 9.97 Å². The molecule has 2 aliphatic rings. The van der Waals surface area contributed by atoms with Gasteiger partial charge in [0.05, 0.1) is 32.9 Å². The number of rotatable bonds is 7. The van der Waals surface area contributed by atoms with Crippen LogP contribution in [0.4, 0.5) is 0 Å². The van der Waals surface area contributed by atoms with E-state index >= 15 is 0 Å². The predicted octanol–water partition coefficient (Wildman–Crippen LogP) is 17.1. The number of aromatic nitrogens is 4. The summed E-state index contributed by atoms with van der Waals surface area (Å²) in [5, 5.41) is 4.68. The molecule has 11 aromatic carbocycles. The number of nitrogens with zero attached hydrogens (tertiary/aromatic N) is 4. The van der Waals surface area contributed by atoms with E-state index in [0.717, 1.165) is 39.3 Å². The van der Waals surface area contributed by atoms with E-state index in [4.69, 9.17) is 9.97 Å². The Morgan fingerprint density at radius 1 is 0.276 bits per heavy atom. The number of fused-ring (bicyclic) bond motifs is 14. The highest BCUT2D eigenvalue weighted by atomic mass is 15.1. The molecule has 0 spiro atoms. The van der Waals surface area contributed by atoms with Gasteiger partial charge in [0, 0.05) is 44.3 Å². The summed E-state index contributed by atoms with van der Waals surface area (Å²) in [6.45, 7) is 0. The fourth-order valence-corrected chi connectivity index (χ4v) is 13.8. The van der Waals surface area contributed by atoms with Gasteiger partial charge in [-0.3, -0.25) is 9.13 Å². The largest absolute Gasteiger partial charge is 0.293 e. The minimum Gasteiger partial charge on any atom is -0.293 e. The van der Waals surface area contributed by atoms with E-state index < -0.39 is 10.8 Å². The minimum atomic E-state index is -0.579. The Kier molecular flexibility index (Phi) is 9.13. The van der Waals surface area contributed by atoms with Gasteiger partial charge in [-0.1, -0.05) is 261 Å². The fourth-order valence-electron chi connectivity index (χ4n) is 13.8. The molecule has 0 saturated carbocycles. The molecule has 354 valence electrons. The van der Waals surface area contributed by atoms with E-state index in [9.17, 15) is 0 Å². The number of hydrogen-bond donors (Lipinski definition) is 0. The molecule has 0 bridgehead atoms. The molecule has 3 heterocycles. The number of para-hydroxylation sites is 2. The topological polar surface area (TPSA) is 35.6 Å². The second-order valence-electron chi connectivity index (χ2n) is 20.3. The molecule has 3 aromatic heterocycles. The molecule has 0 aliphatic heterocycles. The quantitative estimate of drug-likeness (QED) is 0.160. The van der Waals surface area contributed by atoms with Gasteiger partial charge in [0.1, 0.15) is 11.6 Å². The van der Waals surface area contributed by atoms with Crippen molar-refractivity contribution in [3.05, 3.63) is 324 Å². The predicted molar refractivity (Wildman–Crippen MR) is 311 cm³/mol. The third kappa shape index (κ3) is 5.67. The molecule has 0 radical (unpaired) electrons. The average Bonchev–Trinajstić information content (AvgIpc) is 4.36. The van der Waals surface area contributed by atoms with Crippen LogP contribution < -0.4 is 0 Å². The van der Waals surface area contributed by atoms with E-state index in [0.29, 0.717) is 5.82 Å². The zero-order valence-electron chi connectivity index (χ0n) is 41.3. The average molecular weight is 967 g/mol. The molecule has 0 N–H and O–H groups in total. The molecular weight excluding hydrogens is 921 g/mol. The molecule has 4 nitrogen and oxygen atoms in total. The number of benzene rings is 11. The Morgan fingerprint density at radius 2 is 0.618 bits per heavy atom. The summed E-state index contributed by atoms with van der Waals surface area (Å²) in [6, 6.07) is 102. The van der Waals surface area contributed by atoms with Gasteiger partial charge in [0.2, 0.25) is 0 Å². The number of hydrogen-bond acceptors (Lipinski definition) is 2. The van der Waals surface area contributed by atoms with Gasteiger partial charge < -0.3 is 0 Å². The lowest BCUT2D eigenvalue weighted by Crippen LogP contribution is -2.28. The van der Waals surface area contributed by atoms with Crippen LogP contribution in [0, 0.1) is 0 Å². The maximum absolute atomic E-state index is 5.70. The van der Waals surface area contributed by atoms with E-state index in [1.54, 1.807) is 0 Å². The van der Waals surface area contributed by atoms with Crippen LogP contribution in [-0.2, 0) is 10.8 Å². The second kappa shape index (κ2) is 16.3. The van der Waals surface area contributed by atoms with Crippen LogP contribution >= 0.6 is 0 Å². The van der Waals surface area contributed by atoms with Crippen LogP contribution in [0.1, 0.15) is 44.5 Å². The van der Waals surface area contributed by atoms with Crippen molar-refractivity contribution >= 4 is 43.6 Å². The van der Waals surface area contributed by atoms with Crippen LogP contribution in [-0.4, -0.2) is 19.1 Å². The molecule has 16 rings (SSSR count). The highest BCUT2D eigenvalue weighted by Gasteiger charge is 2.49. The Morgan fingerprint density at radius 3 is 1.03 bits per heavy atom. The molecular formula is C72H46N4. The van der Waals surface area contributed by atoms with Crippen LogP contribution in [0.25, 0.3) is 88.9 Å². The fraction of sp³-hybridized carbons (Fsp3) is 0.0278. The standard InChI is InChI=1S/C72H46N4/c1-6-24-47(25-7-1)70-73-64(75-62-40-22-18-34-52(62)54-42-44-60-66(68(54)75)56-36-16-20-38-58(56)71(60,48-26-8-2-9-27-48)49-28-10-3-11-29-49)46-65(74-70)76-63-41-23-19-35-53(63)55-43-45-61-67(69(55)76)57-37-17-21-39-59(57)72(61,50-30-12-4-13-31-50)51-32-14-5-15-33-51/h1-46H. The molecule has 76 heavy (non-hydrogen) atoms. The first kappa shape index (κ1) is 42.6. The van der Waals surface area contributed by atoms with Crippen LogP contribution in [0.2, 0.25) is 0 Å². The molecule has 0 saturated heterocycles. The zero-order valence-corrected chi connectivity index (χ0v) is 41.3. The Balaban J connectivity index is 1.05. The third-order valence-electron chi connectivity index (χ3n) is 16.7. The van der Waals surface area contributed by atoms with Crippen LogP contribution in [0.15, 0.2) is 279 Å². The monoisotopic (exact) mass is 966 g/mol. The summed E-state index contributed by atoms with van der Waals surface area (Å²) in [5.74, 6) is 2.23. The van der Waals surface area contributed by atoms with Gasteiger partial charge in [0.25, 0.3) is 0 Å². The van der Waals surface area contributed by atoms with Crippen molar-refractivity contribution in [2.24, 2.45) is 0 Å². The van der Waals surface area contributed by atoms with Crippen molar-refractivity contribution in [3.8, 4) is 45.3 Å². The van der Waals surface area contributed by atoms with Crippen molar-refractivity contribution < 1.29 is 0 Å². The van der Waals surface area contributed by atoms with Crippen molar-refractivity contribution in [1.82, 2.24) is 19.1 Å². The summed E-state index contributed by atoms with van der Waals surface area (Å²) in [6.07, 6.45) is 0. The van der Waals surface area contributed by atoms with E-state index in [-0.39, 0.29) is 0 Å². The van der Waals surface area contributed by atoms with Gasteiger partial charge in [-0.2, -0.15) is 0 Å². The first-order chi connectivity index (χ1) is 37.7. The summed E-state index contributed by atoms with van der Waals surface area (Å²) in [4.78, 5) is 11.4. The van der Waals surface area contributed by atoms with Gasteiger partial charge in [-0.05, 0) is 67.8 Å². The molecule has 2 aliphatic carbocycles. The summed E-state index contributed by atoms with van der Waals surface area (Å²) >= 11 is 0. The van der Waals surface area contributed by atoms with E-state index in [1.165, 1.54) is 88.3 Å². The van der Waals surface area contributed by atoms with Crippen molar-refractivity contribution in [2.45, 2.75) is 10.8 Å². The van der Waals surface area contributed by atoms with Gasteiger partial charge in [-0.15, -0.1) is 0 Å². The summed E-state index contributed by atoms with van der Waals surface area (Å²) < 4.78 is 4.88. The third-order valence-corrected chi connectivity index (χ3v) is 16.7. The first-order valence-corrected chi connectivity index (χ1v) is 26.2. The molecule has 0 amide bonds. The molecule has 0 fully saturated rings. The lowest BCUT2D eigenvalue weighted by molar-refractivity contribution is 0.769. The van der Waals surface area contributed by atoms with E-state index in [1.807, 2.05) is 0 Å². The second-order valence-corrected chi connectivity index (χ2v) is 20.3. The Bertz CT molecular complexity index is 4260. The van der Waals surface area contributed by atoms with Crippen LogP contribution in [0.3, 0.4) is 0 Å². The maximum Gasteiger partial charge on any atom is 0.163 e. The maximum atomic E-state index is 5.70. The van der Waals surface area contributed by atoms with Gasteiger partial charge in [0.15, 0.2) is 5.82 Å². The SMILES string of the molecule is c1ccc(-c2nc(-n3c4ccccc4c4ccc5c(c43)-c3ccccc3C5(c3ccccc3)c3ccccc3)cc(-n3c4ccccc4c4ccc5c(c43)-c3ccccc3C5(c3ccccc3)c3ccccc3)n2)cc1. The zero-order chi connectivity index (χ0) is 50.0. The summed E-state index contributed by atoms with van der Waals surface area (Å²) in [7, 11) is 0. The lowest BCUT2D eigenvalue weighted by atomic mass is 9.67. The lowest BCUT2D eigenvalue weighted by Gasteiger charge is -2.33. The normalized spacial score (nSPS) is 13.7. The summed E-state index contributed by atoms with van der Waals surface area (Å²) in [5.41, 5.74) is 19.0. The molecule has 0 unspecified atom stereocenters. The highest BCUT2D eigenvalue weighted by Crippen LogP contribution is 2.60. The van der Waals surface area contributed by atoms with Crippen molar-refractivity contribution in [1.29, 1.82) is 0 Å². The smallest absolute Gasteiger partial charge is 0.163 e. The Labute approximate surface area is 440 Å². The molecule has 0 atom stereocenters. The molecule has 4 heteroatoms.